The minimum Gasteiger partial charge on any atom is -0.364 e. The molecule has 3 heteroatoms. The zero-order valence-electron chi connectivity index (χ0n) is 9.46. The summed E-state index contributed by atoms with van der Waals surface area (Å²) in [4.78, 5) is 8.16. The molecule has 0 heterocycles. The molecule has 0 aromatic carbocycles. The first-order valence-electron chi connectivity index (χ1n) is 4.55. The maximum absolute atomic E-state index is 5.69. The number of ether oxygens (including phenoxy) is 1. The van der Waals surface area contributed by atoms with Gasteiger partial charge in [0.05, 0.1) is 12.2 Å². The molecule has 0 radical (unpaired) electrons. The molecule has 3 nitrogen and oxygen atoms in total. The van der Waals surface area contributed by atoms with E-state index in [0.29, 0.717) is 0 Å². The highest BCUT2D eigenvalue weighted by molar-refractivity contribution is 5.88. The Labute approximate surface area is 80.9 Å². The molecule has 0 amide bonds. The quantitative estimate of drug-likeness (QED) is 0.615. The fourth-order valence-electron chi connectivity index (χ4n) is 0.867. The summed E-state index contributed by atoms with van der Waals surface area (Å²) in [5.74, 6) is 0. The predicted molar refractivity (Wildman–Crippen MR) is 58.1 cm³/mol. The van der Waals surface area contributed by atoms with Crippen LogP contribution in [0.3, 0.4) is 0 Å². The van der Waals surface area contributed by atoms with Gasteiger partial charge in [0, 0.05) is 25.5 Å². The lowest BCUT2D eigenvalue weighted by molar-refractivity contribution is 0.0850. The molecule has 0 aliphatic carbocycles. The van der Waals surface area contributed by atoms with Gasteiger partial charge < -0.3 is 4.74 Å². The molecule has 0 fully saturated rings. The Kier molecular flexibility index (Phi) is 5.55. The van der Waals surface area contributed by atoms with E-state index < -0.39 is 0 Å². The topological polar surface area (TPSA) is 34.0 Å². The van der Waals surface area contributed by atoms with Gasteiger partial charge in [-0.15, -0.1) is 0 Å². The van der Waals surface area contributed by atoms with Crippen molar-refractivity contribution in [2.24, 2.45) is 9.98 Å². The zero-order valence-corrected chi connectivity index (χ0v) is 9.46. The summed E-state index contributed by atoms with van der Waals surface area (Å²) >= 11 is 0. The summed E-state index contributed by atoms with van der Waals surface area (Å²) in [6.07, 6.45) is 0.133. The molecule has 0 aliphatic rings. The molecule has 0 rings (SSSR count). The second kappa shape index (κ2) is 5.86. The maximum Gasteiger partial charge on any atom is 0.0929 e. The highest BCUT2D eigenvalue weighted by Crippen LogP contribution is 2.02. The molecule has 0 aromatic rings. The number of rotatable bonds is 4. The minimum absolute atomic E-state index is 0.0664. The molecule has 0 saturated carbocycles. The van der Waals surface area contributed by atoms with Gasteiger partial charge in [-0.25, -0.2) is 0 Å². The second-order valence-corrected chi connectivity index (χ2v) is 3.15. The van der Waals surface area contributed by atoms with Crippen LogP contribution in [-0.2, 0) is 4.74 Å². The van der Waals surface area contributed by atoms with Gasteiger partial charge in [0.15, 0.2) is 0 Å². The van der Waals surface area contributed by atoms with Crippen molar-refractivity contribution in [3.05, 3.63) is 0 Å². The van der Waals surface area contributed by atoms with Crippen LogP contribution in [0.2, 0.25) is 0 Å². The minimum atomic E-state index is 0.0664. The Morgan fingerprint density at radius 1 is 0.923 bits per heavy atom. The first-order chi connectivity index (χ1) is 6.02. The summed E-state index contributed by atoms with van der Waals surface area (Å²) < 4.78 is 5.69. The Morgan fingerprint density at radius 3 is 1.46 bits per heavy atom. The number of nitrogens with zero attached hydrogens (tertiary/aromatic N) is 2. The molecule has 76 valence electrons. The Morgan fingerprint density at radius 2 is 1.23 bits per heavy atom. The summed E-state index contributed by atoms with van der Waals surface area (Å²) in [6.45, 7) is 7.94. The Bertz CT molecular complexity index is 187. The lowest BCUT2D eigenvalue weighted by Gasteiger charge is -2.18. The lowest BCUT2D eigenvalue weighted by atomic mass is 10.2. The van der Waals surface area contributed by atoms with Crippen LogP contribution in [0.4, 0.5) is 0 Å². The van der Waals surface area contributed by atoms with Crippen molar-refractivity contribution in [3.63, 3.8) is 0 Å². The van der Waals surface area contributed by atoms with E-state index in [0.717, 1.165) is 11.4 Å². The van der Waals surface area contributed by atoms with Gasteiger partial charge in [-0.05, 0) is 27.7 Å². The normalized spacial score (nSPS) is 18.6. The van der Waals surface area contributed by atoms with Crippen molar-refractivity contribution in [1.82, 2.24) is 0 Å². The Balaban J connectivity index is 4.14. The lowest BCUT2D eigenvalue weighted by Crippen LogP contribution is -2.27. The average molecular weight is 184 g/mol. The van der Waals surface area contributed by atoms with Crippen molar-refractivity contribution in [2.45, 2.75) is 39.9 Å². The van der Waals surface area contributed by atoms with Crippen molar-refractivity contribution < 1.29 is 4.74 Å². The third-order valence-electron chi connectivity index (χ3n) is 2.29. The van der Waals surface area contributed by atoms with E-state index in [1.54, 1.807) is 14.1 Å². The van der Waals surface area contributed by atoms with Gasteiger partial charge in [-0.2, -0.15) is 0 Å². The standard InChI is InChI=1S/C10H20N2O/c1-7(11-5)9(3)13-10(4)8(2)12-6/h9-10H,1-6H3/b11-7+,12-8+. The van der Waals surface area contributed by atoms with Gasteiger partial charge >= 0.3 is 0 Å². The molecular formula is C10H20N2O. The largest absolute Gasteiger partial charge is 0.364 e. The van der Waals surface area contributed by atoms with Crippen LogP contribution in [0.1, 0.15) is 27.7 Å². The van der Waals surface area contributed by atoms with E-state index in [2.05, 4.69) is 9.98 Å². The highest BCUT2D eigenvalue weighted by atomic mass is 16.5. The van der Waals surface area contributed by atoms with Crippen molar-refractivity contribution in [1.29, 1.82) is 0 Å². The van der Waals surface area contributed by atoms with Crippen LogP contribution in [0.5, 0.6) is 0 Å². The van der Waals surface area contributed by atoms with Gasteiger partial charge in [0.25, 0.3) is 0 Å². The average Bonchev–Trinajstić information content (AvgIpc) is 2.14. The monoisotopic (exact) mass is 184 g/mol. The fraction of sp³-hybridized carbons (Fsp3) is 0.800. The smallest absolute Gasteiger partial charge is 0.0929 e. The van der Waals surface area contributed by atoms with Gasteiger partial charge in [0.1, 0.15) is 0 Å². The van der Waals surface area contributed by atoms with Crippen LogP contribution in [0.25, 0.3) is 0 Å². The van der Waals surface area contributed by atoms with E-state index in [4.69, 9.17) is 4.74 Å². The third-order valence-corrected chi connectivity index (χ3v) is 2.29. The number of hydrogen-bond acceptors (Lipinski definition) is 3. The molecule has 0 saturated heterocycles. The first kappa shape index (κ1) is 12.3. The molecule has 0 aromatic heterocycles. The van der Waals surface area contributed by atoms with Gasteiger partial charge in [-0.1, -0.05) is 0 Å². The van der Waals surface area contributed by atoms with Gasteiger partial charge in [-0.3, -0.25) is 9.98 Å². The predicted octanol–water partition coefficient (Wildman–Crippen LogP) is 1.96. The molecule has 0 N–H and O–H groups in total. The summed E-state index contributed by atoms with van der Waals surface area (Å²) in [5.41, 5.74) is 2.02. The van der Waals surface area contributed by atoms with Crippen molar-refractivity contribution in [2.75, 3.05) is 14.1 Å². The molecule has 0 spiro atoms. The Hall–Kier alpha value is -0.700. The van der Waals surface area contributed by atoms with Crippen LogP contribution in [0, 0.1) is 0 Å². The van der Waals surface area contributed by atoms with E-state index in [-0.39, 0.29) is 12.2 Å². The molecule has 0 aliphatic heterocycles. The van der Waals surface area contributed by atoms with E-state index in [9.17, 15) is 0 Å². The first-order valence-corrected chi connectivity index (χ1v) is 4.55. The molecule has 13 heavy (non-hydrogen) atoms. The highest BCUT2D eigenvalue weighted by Gasteiger charge is 2.12. The number of aliphatic imine (C=N–C) groups is 2. The van der Waals surface area contributed by atoms with Crippen molar-refractivity contribution in [3.8, 4) is 0 Å². The second-order valence-electron chi connectivity index (χ2n) is 3.15. The van der Waals surface area contributed by atoms with Crippen LogP contribution in [-0.4, -0.2) is 37.7 Å². The maximum atomic E-state index is 5.69. The molecule has 2 atom stereocenters. The third kappa shape index (κ3) is 4.18. The fourth-order valence-corrected chi connectivity index (χ4v) is 0.867. The summed E-state index contributed by atoms with van der Waals surface area (Å²) in [5, 5.41) is 0. The van der Waals surface area contributed by atoms with E-state index >= 15 is 0 Å². The SMILES string of the molecule is C/N=C(\C)C(C)OC(C)/C(C)=N/C. The molecule has 0 bridgehead atoms. The zero-order chi connectivity index (χ0) is 10.4. The van der Waals surface area contributed by atoms with Crippen LogP contribution >= 0.6 is 0 Å². The van der Waals surface area contributed by atoms with E-state index in [1.807, 2.05) is 27.7 Å². The van der Waals surface area contributed by atoms with Gasteiger partial charge in [0.2, 0.25) is 0 Å². The number of hydrogen-bond donors (Lipinski definition) is 0. The van der Waals surface area contributed by atoms with E-state index in [1.165, 1.54) is 0 Å². The molecular weight excluding hydrogens is 164 g/mol. The van der Waals surface area contributed by atoms with Crippen molar-refractivity contribution >= 4 is 11.4 Å². The summed E-state index contributed by atoms with van der Waals surface area (Å²) in [6, 6.07) is 0. The molecule has 2 unspecified atom stereocenters. The summed E-state index contributed by atoms with van der Waals surface area (Å²) in [7, 11) is 3.56. The van der Waals surface area contributed by atoms with Crippen LogP contribution in [0.15, 0.2) is 9.98 Å². The van der Waals surface area contributed by atoms with Crippen LogP contribution < -0.4 is 0 Å².